The van der Waals surface area contributed by atoms with Gasteiger partial charge in [-0.2, -0.15) is 0 Å². The van der Waals surface area contributed by atoms with Crippen LogP contribution in [0.3, 0.4) is 0 Å². The first-order valence-electron chi connectivity index (χ1n) is 14.3. The molecule has 3 nitrogen and oxygen atoms in total. The van der Waals surface area contributed by atoms with E-state index in [2.05, 4.69) is 53.2 Å². The Morgan fingerprint density at radius 2 is 2.03 bits per heavy atom. The second kappa shape index (κ2) is 7.51. The molecule has 1 aromatic carbocycles. The highest BCUT2D eigenvalue weighted by Gasteiger charge is 2.66. The van der Waals surface area contributed by atoms with Gasteiger partial charge in [0, 0.05) is 36.9 Å². The lowest BCUT2D eigenvalue weighted by atomic mass is 9.58. The van der Waals surface area contributed by atoms with Crippen LogP contribution in [-0.4, -0.2) is 46.4 Å². The van der Waals surface area contributed by atoms with E-state index in [1.807, 2.05) is 12.4 Å². The molecule has 2 spiro atoms. The molecule has 3 aliphatic heterocycles. The van der Waals surface area contributed by atoms with Gasteiger partial charge in [-0.05, 0) is 109 Å². The van der Waals surface area contributed by atoms with E-state index < -0.39 is 6.17 Å². The summed E-state index contributed by atoms with van der Waals surface area (Å²) in [5, 5.41) is 2.52. The summed E-state index contributed by atoms with van der Waals surface area (Å²) in [6.07, 6.45) is 18.3. The number of hydrogen-bond acceptors (Lipinski definition) is 3. The van der Waals surface area contributed by atoms with Crippen molar-refractivity contribution in [1.82, 2.24) is 9.88 Å². The zero-order valence-electron chi connectivity index (χ0n) is 21.4. The third-order valence-electron chi connectivity index (χ3n) is 11.4. The normalized spacial score (nSPS) is 43.6. The number of rotatable bonds is 2. The number of nitrogens with zero attached hydrogens (tertiary/aromatic N) is 2. The van der Waals surface area contributed by atoms with Gasteiger partial charge in [-0.1, -0.05) is 31.2 Å². The second-order valence-corrected chi connectivity index (χ2v) is 13.0. The summed E-state index contributed by atoms with van der Waals surface area (Å²) in [5.41, 5.74) is 4.47. The average molecular weight is 485 g/mol. The van der Waals surface area contributed by atoms with E-state index >= 15 is 0 Å². The Balaban J connectivity index is 1.14. The average Bonchev–Trinajstić information content (AvgIpc) is 3.57. The van der Waals surface area contributed by atoms with E-state index in [1.165, 1.54) is 40.3 Å². The monoisotopic (exact) mass is 484 g/mol. The van der Waals surface area contributed by atoms with E-state index in [0.29, 0.717) is 30.8 Å². The fraction of sp³-hybridized carbons (Fsp3) is 0.594. The summed E-state index contributed by atoms with van der Waals surface area (Å²) in [5.74, 6) is 1.11. The Labute approximate surface area is 213 Å². The molecule has 3 aliphatic carbocycles. The molecule has 2 saturated heterocycles. The predicted octanol–water partition coefficient (Wildman–Crippen LogP) is 6.89. The molecule has 1 aromatic heterocycles. The minimum absolute atomic E-state index is 0.111. The predicted molar refractivity (Wildman–Crippen MR) is 141 cm³/mol. The maximum absolute atomic E-state index is 14.0. The highest BCUT2D eigenvalue weighted by Crippen LogP contribution is 2.69. The highest BCUT2D eigenvalue weighted by atomic mass is 19.1. The Morgan fingerprint density at radius 3 is 2.92 bits per heavy atom. The minimum Gasteiger partial charge on any atom is -0.359 e. The van der Waals surface area contributed by atoms with Crippen LogP contribution in [0.1, 0.15) is 76.2 Å². The van der Waals surface area contributed by atoms with Gasteiger partial charge in [0.2, 0.25) is 0 Å². The molecule has 0 unspecified atom stereocenters. The number of fused-ring (bicyclic) bond motifs is 2. The van der Waals surface area contributed by atoms with Crippen molar-refractivity contribution >= 4 is 10.8 Å². The molecule has 2 aromatic rings. The van der Waals surface area contributed by atoms with Crippen LogP contribution in [0.15, 0.2) is 60.0 Å². The molecule has 8 rings (SSSR count). The molecular weight excluding hydrogens is 447 g/mol. The summed E-state index contributed by atoms with van der Waals surface area (Å²) in [4.78, 5) is 6.81. The van der Waals surface area contributed by atoms with Crippen LogP contribution in [0.5, 0.6) is 0 Å². The van der Waals surface area contributed by atoms with Crippen molar-refractivity contribution in [3.63, 3.8) is 0 Å². The lowest BCUT2D eigenvalue weighted by Crippen LogP contribution is -2.55. The van der Waals surface area contributed by atoms with E-state index in [0.717, 1.165) is 45.1 Å². The summed E-state index contributed by atoms with van der Waals surface area (Å²) in [7, 11) is 0. The summed E-state index contributed by atoms with van der Waals surface area (Å²) in [6.45, 7) is 4.09. The van der Waals surface area contributed by atoms with Gasteiger partial charge >= 0.3 is 0 Å². The fourth-order valence-corrected chi connectivity index (χ4v) is 9.64. The second-order valence-electron chi connectivity index (χ2n) is 13.0. The first-order valence-corrected chi connectivity index (χ1v) is 14.3. The van der Waals surface area contributed by atoms with Gasteiger partial charge in [0.1, 0.15) is 6.17 Å². The summed E-state index contributed by atoms with van der Waals surface area (Å²) in [6, 6.07) is 9.63. The molecule has 188 valence electrons. The van der Waals surface area contributed by atoms with Crippen LogP contribution in [0.2, 0.25) is 0 Å². The Bertz CT molecular complexity index is 1300. The minimum atomic E-state index is -0.642. The largest absolute Gasteiger partial charge is 0.359 e. The standard InChI is InChI=1S/C32H37FN2O/c1-30-11-8-25-17-24-4-5-27(35-15-10-26(33)20-35)18-31(24)12-13-32(25,36-31)29(30)7-6-28(30)22-3-2-21-9-14-34-19-23(21)16-22/h2-3,8-9,14,16-17,19,26-29H,4-7,10-13,15,18,20H2,1H3/t26-,27+,28+,29+,30+,31+,32+/m0/s1. The molecule has 0 N–H and O–H groups in total. The van der Waals surface area contributed by atoms with Gasteiger partial charge in [-0.3, -0.25) is 9.88 Å². The first-order chi connectivity index (χ1) is 17.5. The van der Waals surface area contributed by atoms with Crippen LogP contribution in [-0.2, 0) is 4.74 Å². The molecule has 7 atom stereocenters. The molecule has 4 fully saturated rings. The number of likely N-dealkylation sites (tertiary alicyclic amines) is 1. The zero-order chi connectivity index (χ0) is 24.1. The Hall–Kier alpha value is -2.04. The van der Waals surface area contributed by atoms with Crippen molar-refractivity contribution in [1.29, 1.82) is 0 Å². The summed E-state index contributed by atoms with van der Waals surface area (Å²) < 4.78 is 21.5. The van der Waals surface area contributed by atoms with E-state index in [-0.39, 0.29) is 16.6 Å². The van der Waals surface area contributed by atoms with Crippen LogP contribution in [0, 0.1) is 11.3 Å². The van der Waals surface area contributed by atoms with Crippen LogP contribution in [0.25, 0.3) is 10.8 Å². The maximum Gasteiger partial charge on any atom is 0.114 e. The van der Waals surface area contributed by atoms with Gasteiger partial charge in [0.25, 0.3) is 0 Å². The molecule has 2 saturated carbocycles. The van der Waals surface area contributed by atoms with Gasteiger partial charge in [-0.25, -0.2) is 4.39 Å². The SMILES string of the molecule is C[C@]12CC=C3C=C4CC[C@@H](N5CC[C@H](F)C5)C[C@]45CC[C@]3(O5)[C@@H]1CC[C@@H]2c1ccc2ccncc2c1. The lowest BCUT2D eigenvalue weighted by Gasteiger charge is -2.55. The number of halogens is 1. The van der Waals surface area contributed by atoms with Crippen molar-refractivity contribution in [3.8, 4) is 0 Å². The molecule has 0 amide bonds. The lowest BCUT2D eigenvalue weighted by molar-refractivity contribution is -0.140. The van der Waals surface area contributed by atoms with Crippen molar-refractivity contribution in [3.05, 3.63) is 65.5 Å². The highest BCUT2D eigenvalue weighted by molar-refractivity contribution is 5.82. The van der Waals surface area contributed by atoms with Crippen LogP contribution >= 0.6 is 0 Å². The van der Waals surface area contributed by atoms with Crippen LogP contribution in [0.4, 0.5) is 4.39 Å². The maximum atomic E-state index is 14.0. The van der Waals surface area contributed by atoms with E-state index in [1.54, 1.807) is 0 Å². The zero-order valence-corrected chi connectivity index (χ0v) is 21.4. The molecule has 2 bridgehead atoms. The van der Waals surface area contributed by atoms with E-state index in [4.69, 9.17) is 4.74 Å². The molecule has 0 radical (unpaired) electrons. The third-order valence-corrected chi connectivity index (χ3v) is 11.4. The number of aromatic nitrogens is 1. The smallest absolute Gasteiger partial charge is 0.114 e. The van der Waals surface area contributed by atoms with Crippen LogP contribution < -0.4 is 0 Å². The molecule has 4 heterocycles. The topological polar surface area (TPSA) is 25.4 Å². The quantitative estimate of drug-likeness (QED) is 0.464. The Morgan fingerprint density at radius 1 is 1.08 bits per heavy atom. The number of hydrogen-bond donors (Lipinski definition) is 0. The van der Waals surface area contributed by atoms with E-state index in [9.17, 15) is 4.39 Å². The molecule has 4 heteroatoms. The number of benzene rings is 1. The number of ether oxygens (including phenoxy) is 1. The molecular formula is C32H37FN2O. The molecule has 36 heavy (non-hydrogen) atoms. The number of allylic oxidation sites excluding steroid dienone is 1. The fourth-order valence-electron chi connectivity index (χ4n) is 9.64. The summed E-state index contributed by atoms with van der Waals surface area (Å²) >= 11 is 0. The Kier molecular flexibility index (Phi) is 4.59. The molecule has 6 aliphatic rings. The van der Waals surface area contributed by atoms with Crippen molar-refractivity contribution < 1.29 is 9.13 Å². The number of pyridine rings is 1. The third kappa shape index (κ3) is 2.89. The van der Waals surface area contributed by atoms with Gasteiger partial charge in [0.05, 0.1) is 11.2 Å². The van der Waals surface area contributed by atoms with Gasteiger partial charge < -0.3 is 4.74 Å². The van der Waals surface area contributed by atoms with Gasteiger partial charge in [-0.15, -0.1) is 0 Å². The van der Waals surface area contributed by atoms with Crippen molar-refractivity contribution in [2.75, 3.05) is 13.1 Å². The first kappa shape index (κ1) is 22.0. The van der Waals surface area contributed by atoms with Crippen molar-refractivity contribution in [2.24, 2.45) is 11.3 Å². The van der Waals surface area contributed by atoms with Gasteiger partial charge in [0.15, 0.2) is 0 Å². The van der Waals surface area contributed by atoms with Crippen molar-refractivity contribution in [2.45, 2.75) is 94.0 Å². The number of alkyl halides is 1.